The van der Waals surface area contributed by atoms with Crippen molar-refractivity contribution in [3.05, 3.63) is 0 Å². The molecule has 1 unspecified atom stereocenters. The predicted octanol–water partition coefficient (Wildman–Crippen LogP) is 0.582. The highest BCUT2D eigenvalue weighted by Gasteiger charge is 2.31. The third-order valence-corrected chi connectivity index (χ3v) is 7.45. The Kier molecular flexibility index (Phi) is 8.79. The summed E-state index contributed by atoms with van der Waals surface area (Å²) in [6.45, 7) is 9.08. The van der Waals surface area contributed by atoms with Crippen molar-refractivity contribution < 1.29 is 13.2 Å². The first-order valence-corrected chi connectivity index (χ1v) is 11.7. The number of sulfonamides is 1. The lowest BCUT2D eigenvalue weighted by Gasteiger charge is -2.32. The van der Waals surface area contributed by atoms with Gasteiger partial charge in [-0.3, -0.25) is 4.79 Å². The molecular formula is C18H36N4O3S. The second-order valence-corrected chi connectivity index (χ2v) is 9.74. The Morgan fingerprint density at radius 2 is 1.85 bits per heavy atom. The summed E-state index contributed by atoms with van der Waals surface area (Å²) in [5.74, 6) is -0.0119. The van der Waals surface area contributed by atoms with Crippen molar-refractivity contribution in [1.82, 2.24) is 19.4 Å². The van der Waals surface area contributed by atoms with Gasteiger partial charge in [0.25, 0.3) is 0 Å². The molecule has 2 saturated heterocycles. The van der Waals surface area contributed by atoms with Gasteiger partial charge in [0, 0.05) is 45.8 Å². The number of carbonyl (C=O) groups excluding carboxylic acids is 1. The van der Waals surface area contributed by atoms with Crippen LogP contribution in [0.5, 0.6) is 0 Å². The van der Waals surface area contributed by atoms with Gasteiger partial charge in [-0.1, -0.05) is 6.92 Å². The number of rotatable bonds is 9. The van der Waals surface area contributed by atoms with E-state index in [1.165, 1.54) is 4.31 Å². The molecule has 26 heavy (non-hydrogen) atoms. The average Bonchev–Trinajstić information content (AvgIpc) is 2.63. The van der Waals surface area contributed by atoms with Crippen molar-refractivity contribution in [3.8, 4) is 0 Å². The van der Waals surface area contributed by atoms with Crippen molar-refractivity contribution in [1.29, 1.82) is 0 Å². The SMILES string of the molecule is CCCS(=O)(=O)N1CCCC(C(=O)NCCCCN2CCN(C)CC2)C1. The lowest BCUT2D eigenvalue weighted by molar-refractivity contribution is -0.126. The van der Waals surface area contributed by atoms with Crippen molar-refractivity contribution in [2.24, 2.45) is 5.92 Å². The topological polar surface area (TPSA) is 73.0 Å². The molecule has 1 atom stereocenters. The number of carbonyl (C=O) groups is 1. The van der Waals surface area contributed by atoms with Crippen molar-refractivity contribution in [2.75, 3.05) is 65.2 Å². The molecule has 0 aromatic heterocycles. The number of nitrogens with one attached hydrogen (secondary N) is 1. The molecule has 0 spiro atoms. The maximum Gasteiger partial charge on any atom is 0.224 e. The molecular weight excluding hydrogens is 352 g/mol. The highest BCUT2D eigenvalue weighted by Crippen LogP contribution is 2.20. The maximum absolute atomic E-state index is 12.4. The molecule has 0 aromatic rings. The van der Waals surface area contributed by atoms with Crippen LogP contribution in [-0.2, 0) is 14.8 Å². The van der Waals surface area contributed by atoms with Crippen LogP contribution in [0.2, 0.25) is 0 Å². The minimum Gasteiger partial charge on any atom is -0.356 e. The number of amides is 1. The van der Waals surface area contributed by atoms with Gasteiger partial charge in [-0.25, -0.2) is 12.7 Å². The van der Waals surface area contributed by atoms with E-state index in [2.05, 4.69) is 22.2 Å². The van der Waals surface area contributed by atoms with Crippen LogP contribution in [0.4, 0.5) is 0 Å². The molecule has 1 amide bonds. The van der Waals surface area contributed by atoms with E-state index in [1.54, 1.807) is 0 Å². The number of piperazine rings is 1. The molecule has 2 aliphatic rings. The van der Waals surface area contributed by atoms with Gasteiger partial charge in [0.2, 0.25) is 15.9 Å². The second kappa shape index (κ2) is 10.6. The molecule has 7 nitrogen and oxygen atoms in total. The van der Waals surface area contributed by atoms with E-state index in [4.69, 9.17) is 0 Å². The summed E-state index contributed by atoms with van der Waals surface area (Å²) >= 11 is 0. The zero-order valence-electron chi connectivity index (χ0n) is 16.5. The Labute approximate surface area is 159 Å². The van der Waals surface area contributed by atoms with Gasteiger partial charge >= 0.3 is 0 Å². The van der Waals surface area contributed by atoms with Crippen LogP contribution in [0.25, 0.3) is 0 Å². The van der Waals surface area contributed by atoms with Gasteiger partial charge < -0.3 is 15.1 Å². The molecule has 2 fully saturated rings. The molecule has 0 radical (unpaired) electrons. The van der Waals surface area contributed by atoms with Crippen molar-refractivity contribution >= 4 is 15.9 Å². The summed E-state index contributed by atoms with van der Waals surface area (Å²) in [6, 6.07) is 0. The molecule has 2 rings (SSSR count). The zero-order chi connectivity index (χ0) is 19.0. The summed E-state index contributed by atoms with van der Waals surface area (Å²) in [5, 5.41) is 3.01. The van der Waals surface area contributed by atoms with Crippen LogP contribution in [0.15, 0.2) is 0 Å². The molecule has 2 heterocycles. The van der Waals surface area contributed by atoms with Gasteiger partial charge in [0.1, 0.15) is 0 Å². The van der Waals surface area contributed by atoms with E-state index >= 15 is 0 Å². The Balaban J connectivity index is 1.63. The first kappa shape index (κ1) is 21.6. The standard InChI is InChI=1S/C18H36N4O3S/c1-3-15-26(24,25)22-10-6-7-17(16-22)18(23)19-8-4-5-9-21-13-11-20(2)12-14-21/h17H,3-16H2,1-2H3,(H,19,23). The minimum atomic E-state index is -3.20. The van der Waals surface area contributed by atoms with Crippen molar-refractivity contribution in [3.63, 3.8) is 0 Å². The highest BCUT2D eigenvalue weighted by atomic mass is 32.2. The Hall–Kier alpha value is -0.700. The lowest BCUT2D eigenvalue weighted by Crippen LogP contribution is -2.46. The third-order valence-electron chi connectivity index (χ3n) is 5.41. The van der Waals surface area contributed by atoms with Crippen LogP contribution in [0, 0.1) is 5.92 Å². The maximum atomic E-state index is 12.4. The van der Waals surface area contributed by atoms with E-state index in [0.717, 1.165) is 58.4 Å². The fourth-order valence-corrected chi connectivity index (χ4v) is 5.27. The van der Waals surface area contributed by atoms with Crippen LogP contribution in [0.1, 0.15) is 39.0 Å². The molecule has 0 saturated carbocycles. The zero-order valence-corrected chi connectivity index (χ0v) is 17.3. The van der Waals surface area contributed by atoms with Gasteiger partial charge in [-0.15, -0.1) is 0 Å². The number of hydrogen-bond acceptors (Lipinski definition) is 5. The normalized spacial score (nSPS) is 23.8. The van der Waals surface area contributed by atoms with Crippen LogP contribution >= 0.6 is 0 Å². The molecule has 2 aliphatic heterocycles. The summed E-state index contributed by atoms with van der Waals surface area (Å²) in [7, 11) is -1.04. The summed E-state index contributed by atoms with van der Waals surface area (Å²) in [5.41, 5.74) is 0. The van der Waals surface area contributed by atoms with Gasteiger partial charge in [-0.05, 0) is 45.7 Å². The van der Waals surface area contributed by atoms with E-state index in [9.17, 15) is 13.2 Å². The number of hydrogen-bond donors (Lipinski definition) is 1. The molecule has 0 bridgehead atoms. The third kappa shape index (κ3) is 6.79. The lowest BCUT2D eigenvalue weighted by atomic mass is 9.99. The van der Waals surface area contributed by atoms with E-state index in [1.807, 2.05) is 6.92 Å². The van der Waals surface area contributed by atoms with Gasteiger partial charge in [0.15, 0.2) is 0 Å². The number of unbranched alkanes of at least 4 members (excludes halogenated alkanes) is 1. The fourth-order valence-electron chi connectivity index (χ4n) is 3.68. The smallest absolute Gasteiger partial charge is 0.224 e. The average molecular weight is 389 g/mol. The number of nitrogens with zero attached hydrogens (tertiary/aromatic N) is 3. The molecule has 0 aliphatic carbocycles. The fraction of sp³-hybridized carbons (Fsp3) is 0.944. The van der Waals surface area contributed by atoms with Gasteiger partial charge in [-0.2, -0.15) is 0 Å². The van der Waals surface area contributed by atoms with Crippen LogP contribution in [0.3, 0.4) is 0 Å². The quantitative estimate of drug-likeness (QED) is 0.585. The molecule has 1 N–H and O–H groups in total. The number of piperidine rings is 1. The summed E-state index contributed by atoms with van der Waals surface area (Å²) in [6.07, 6.45) is 4.23. The van der Waals surface area contributed by atoms with Gasteiger partial charge in [0.05, 0.1) is 11.7 Å². The summed E-state index contributed by atoms with van der Waals surface area (Å²) in [4.78, 5) is 17.2. The summed E-state index contributed by atoms with van der Waals surface area (Å²) < 4.78 is 25.9. The Bertz CT molecular complexity index is 533. The van der Waals surface area contributed by atoms with E-state index < -0.39 is 10.0 Å². The van der Waals surface area contributed by atoms with Crippen molar-refractivity contribution in [2.45, 2.75) is 39.0 Å². The largest absolute Gasteiger partial charge is 0.356 e. The molecule has 8 heteroatoms. The monoisotopic (exact) mass is 388 g/mol. The molecule has 0 aromatic carbocycles. The highest BCUT2D eigenvalue weighted by molar-refractivity contribution is 7.89. The first-order valence-electron chi connectivity index (χ1n) is 10.1. The minimum absolute atomic E-state index is 0.0148. The first-order chi connectivity index (χ1) is 12.4. The van der Waals surface area contributed by atoms with E-state index in [0.29, 0.717) is 26.1 Å². The number of likely N-dealkylation sites (N-methyl/N-ethyl adjacent to an activating group) is 1. The Morgan fingerprint density at radius 3 is 2.54 bits per heavy atom. The molecule has 152 valence electrons. The predicted molar refractivity (Wildman–Crippen MR) is 105 cm³/mol. The second-order valence-electron chi connectivity index (χ2n) is 7.66. The van der Waals surface area contributed by atoms with Crippen LogP contribution in [-0.4, -0.2) is 93.6 Å². The van der Waals surface area contributed by atoms with E-state index in [-0.39, 0.29) is 17.6 Å². The Morgan fingerprint density at radius 1 is 1.12 bits per heavy atom. The van der Waals surface area contributed by atoms with Crippen LogP contribution < -0.4 is 5.32 Å².